The summed E-state index contributed by atoms with van der Waals surface area (Å²) in [4.78, 5) is 16.5. The van der Waals surface area contributed by atoms with Crippen LogP contribution in [0.5, 0.6) is 11.5 Å². The van der Waals surface area contributed by atoms with E-state index in [-0.39, 0.29) is 11.6 Å². The predicted octanol–water partition coefficient (Wildman–Crippen LogP) is 3.83. The van der Waals surface area contributed by atoms with Crippen LogP contribution in [0, 0.1) is 0 Å². The Morgan fingerprint density at radius 2 is 1.72 bits per heavy atom. The zero-order valence-electron chi connectivity index (χ0n) is 14.2. The number of hydrogen-bond donors (Lipinski definition) is 0. The van der Waals surface area contributed by atoms with Crippen molar-refractivity contribution < 1.29 is 19.0 Å². The van der Waals surface area contributed by atoms with Crippen LogP contribution in [0.15, 0.2) is 59.2 Å². The number of hydrogen-bond acceptors (Lipinski definition) is 5. The zero-order valence-corrected chi connectivity index (χ0v) is 14.2. The van der Waals surface area contributed by atoms with E-state index < -0.39 is 5.97 Å². The minimum Gasteiger partial charge on any atom is -0.494 e. The molecular formula is C20H19NO4. The zero-order chi connectivity index (χ0) is 17.6. The van der Waals surface area contributed by atoms with Crippen molar-refractivity contribution in [2.45, 2.75) is 13.8 Å². The number of aliphatic imine (C=N–C) groups is 1. The van der Waals surface area contributed by atoms with Crippen molar-refractivity contribution in [2.75, 3.05) is 13.2 Å². The maximum atomic E-state index is 12.1. The lowest BCUT2D eigenvalue weighted by molar-refractivity contribution is -0.129. The van der Waals surface area contributed by atoms with Gasteiger partial charge >= 0.3 is 5.97 Å². The molecule has 0 spiro atoms. The van der Waals surface area contributed by atoms with Gasteiger partial charge in [0.1, 0.15) is 11.5 Å². The van der Waals surface area contributed by atoms with E-state index in [1.54, 1.807) is 6.08 Å². The van der Waals surface area contributed by atoms with Gasteiger partial charge in [-0.2, -0.15) is 0 Å². The molecular weight excluding hydrogens is 318 g/mol. The van der Waals surface area contributed by atoms with Crippen LogP contribution in [0.25, 0.3) is 6.08 Å². The number of ether oxygens (including phenoxy) is 3. The quantitative estimate of drug-likeness (QED) is 0.594. The van der Waals surface area contributed by atoms with Gasteiger partial charge in [-0.3, -0.25) is 0 Å². The lowest BCUT2D eigenvalue weighted by atomic mass is 10.2. The molecule has 1 aliphatic heterocycles. The second kappa shape index (κ2) is 7.66. The van der Waals surface area contributed by atoms with Crippen LogP contribution in [0.3, 0.4) is 0 Å². The molecule has 0 radical (unpaired) electrons. The highest BCUT2D eigenvalue weighted by Gasteiger charge is 2.26. The lowest BCUT2D eigenvalue weighted by Gasteiger charge is -2.08. The maximum absolute atomic E-state index is 12.1. The predicted molar refractivity (Wildman–Crippen MR) is 95.8 cm³/mol. The van der Waals surface area contributed by atoms with Crippen molar-refractivity contribution in [3.05, 3.63) is 65.4 Å². The van der Waals surface area contributed by atoms with Gasteiger partial charge in [-0.05, 0) is 49.8 Å². The molecule has 5 nitrogen and oxygen atoms in total. The highest BCUT2D eigenvalue weighted by molar-refractivity contribution is 6.13. The molecule has 0 N–H and O–H groups in total. The van der Waals surface area contributed by atoms with Crippen LogP contribution in [0.4, 0.5) is 0 Å². The monoisotopic (exact) mass is 337 g/mol. The number of carbonyl (C=O) groups excluding carboxylic acids is 1. The van der Waals surface area contributed by atoms with Gasteiger partial charge in [-0.1, -0.05) is 24.3 Å². The second-order valence-electron chi connectivity index (χ2n) is 5.27. The molecule has 2 aromatic rings. The second-order valence-corrected chi connectivity index (χ2v) is 5.27. The number of rotatable bonds is 6. The summed E-state index contributed by atoms with van der Waals surface area (Å²) in [6, 6.07) is 14.8. The van der Waals surface area contributed by atoms with Crippen LogP contribution in [0.2, 0.25) is 0 Å². The van der Waals surface area contributed by atoms with Gasteiger partial charge < -0.3 is 14.2 Å². The van der Waals surface area contributed by atoms with Crippen LogP contribution in [0.1, 0.15) is 25.0 Å². The van der Waals surface area contributed by atoms with Crippen LogP contribution >= 0.6 is 0 Å². The highest BCUT2D eigenvalue weighted by atomic mass is 16.6. The van der Waals surface area contributed by atoms with Gasteiger partial charge in [0.2, 0.25) is 5.90 Å². The summed E-state index contributed by atoms with van der Waals surface area (Å²) >= 11 is 0. The number of esters is 1. The fourth-order valence-corrected chi connectivity index (χ4v) is 2.43. The third-order valence-electron chi connectivity index (χ3n) is 3.53. The highest BCUT2D eigenvalue weighted by Crippen LogP contribution is 2.25. The normalized spacial score (nSPS) is 15.0. The molecule has 1 aliphatic rings. The molecule has 0 saturated heterocycles. The molecule has 0 amide bonds. The van der Waals surface area contributed by atoms with Gasteiger partial charge in [-0.15, -0.1) is 0 Å². The van der Waals surface area contributed by atoms with Gasteiger partial charge in [0.05, 0.1) is 18.8 Å². The van der Waals surface area contributed by atoms with E-state index in [4.69, 9.17) is 14.2 Å². The molecule has 2 aromatic carbocycles. The average molecular weight is 337 g/mol. The summed E-state index contributed by atoms with van der Waals surface area (Å²) in [7, 11) is 0. The Kier molecular flexibility index (Phi) is 5.14. The molecule has 0 unspecified atom stereocenters. The molecule has 0 bridgehead atoms. The molecule has 5 heteroatoms. The molecule has 0 aliphatic carbocycles. The first kappa shape index (κ1) is 16.8. The number of para-hydroxylation sites is 1. The first-order valence-electron chi connectivity index (χ1n) is 8.19. The molecule has 25 heavy (non-hydrogen) atoms. The number of carbonyl (C=O) groups is 1. The maximum Gasteiger partial charge on any atom is 0.363 e. The standard InChI is InChI=1S/C20H19NO4/c1-3-23-15-11-9-14(10-12-15)13-17-20(22)25-19(21-17)16-7-5-6-8-18(16)24-4-2/h5-13H,3-4H2,1-2H3/b17-13-. The number of benzene rings is 2. The van der Waals surface area contributed by atoms with Crippen LogP contribution in [-0.2, 0) is 9.53 Å². The smallest absolute Gasteiger partial charge is 0.363 e. The van der Waals surface area contributed by atoms with Crippen molar-refractivity contribution in [2.24, 2.45) is 4.99 Å². The largest absolute Gasteiger partial charge is 0.494 e. The molecule has 0 atom stereocenters. The van der Waals surface area contributed by atoms with Gasteiger partial charge in [0, 0.05) is 0 Å². The molecule has 0 fully saturated rings. The van der Waals surface area contributed by atoms with Gasteiger partial charge in [0.25, 0.3) is 0 Å². The minimum absolute atomic E-state index is 0.255. The van der Waals surface area contributed by atoms with Crippen molar-refractivity contribution in [1.29, 1.82) is 0 Å². The average Bonchev–Trinajstić information content (AvgIpc) is 2.98. The Hall–Kier alpha value is -3.08. The molecule has 0 aromatic heterocycles. The summed E-state index contributed by atoms with van der Waals surface area (Å²) in [5.41, 5.74) is 1.76. The minimum atomic E-state index is -0.477. The van der Waals surface area contributed by atoms with E-state index in [9.17, 15) is 4.79 Å². The Morgan fingerprint density at radius 1 is 1.00 bits per heavy atom. The molecule has 128 valence electrons. The Labute approximate surface area is 146 Å². The SMILES string of the molecule is CCOc1ccc(/C=C2\N=C(c3ccccc3OCC)OC2=O)cc1. The van der Waals surface area contributed by atoms with E-state index in [0.717, 1.165) is 11.3 Å². The van der Waals surface area contributed by atoms with E-state index in [2.05, 4.69) is 4.99 Å². The fraction of sp³-hybridized carbons (Fsp3) is 0.200. The Morgan fingerprint density at radius 3 is 2.44 bits per heavy atom. The summed E-state index contributed by atoms with van der Waals surface area (Å²) in [6.07, 6.45) is 1.69. The molecule has 0 saturated carbocycles. The molecule has 3 rings (SSSR count). The van der Waals surface area contributed by atoms with Gasteiger partial charge in [-0.25, -0.2) is 9.79 Å². The first-order valence-corrected chi connectivity index (χ1v) is 8.19. The van der Waals surface area contributed by atoms with Gasteiger partial charge in [0.15, 0.2) is 5.70 Å². The van der Waals surface area contributed by atoms with E-state index in [0.29, 0.717) is 24.5 Å². The van der Waals surface area contributed by atoms with Crippen molar-refractivity contribution in [1.82, 2.24) is 0 Å². The summed E-state index contributed by atoms with van der Waals surface area (Å²) in [5, 5.41) is 0. The fourth-order valence-electron chi connectivity index (χ4n) is 2.43. The van der Waals surface area contributed by atoms with E-state index in [1.807, 2.05) is 62.4 Å². The lowest BCUT2D eigenvalue weighted by Crippen LogP contribution is -2.07. The topological polar surface area (TPSA) is 57.1 Å². The van der Waals surface area contributed by atoms with Crippen molar-refractivity contribution in [3.63, 3.8) is 0 Å². The summed E-state index contributed by atoms with van der Waals surface area (Å²) < 4.78 is 16.3. The number of nitrogens with zero attached hydrogens (tertiary/aromatic N) is 1. The van der Waals surface area contributed by atoms with E-state index >= 15 is 0 Å². The summed E-state index contributed by atoms with van der Waals surface area (Å²) in [6.45, 7) is 4.96. The third kappa shape index (κ3) is 3.88. The van der Waals surface area contributed by atoms with E-state index in [1.165, 1.54) is 0 Å². The summed E-state index contributed by atoms with van der Waals surface area (Å²) in [5.74, 6) is 1.20. The number of cyclic esters (lactones) is 1. The third-order valence-corrected chi connectivity index (χ3v) is 3.53. The molecule has 1 heterocycles. The Bertz CT molecular complexity index is 822. The van der Waals surface area contributed by atoms with Crippen LogP contribution in [-0.4, -0.2) is 25.1 Å². The van der Waals surface area contributed by atoms with Crippen molar-refractivity contribution in [3.8, 4) is 11.5 Å². The van der Waals surface area contributed by atoms with Crippen LogP contribution < -0.4 is 9.47 Å². The Balaban J connectivity index is 1.87. The van der Waals surface area contributed by atoms with Crippen molar-refractivity contribution >= 4 is 17.9 Å². The first-order chi connectivity index (χ1) is 12.2.